The first-order chi connectivity index (χ1) is 10.6. The van der Waals surface area contributed by atoms with Crippen LogP contribution >= 0.6 is 0 Å². The van der Waals surface area contributed by atoms with Gasteiger partial charge in [-0.2, -0.15) is 0 Å². The van der Waals surface area contributed by atoms with Crippen LogP contribution in [0.4, 0.5) is 0 Å². The minimum absolute atomic E-state index is 0.0970. The standard InChI is InChI=1S/C17H21NO4/c1-18-12-8-9-13(18)15(17(20)21-2)14(10-12)22-16(19)11-6-4-3-5-7-11/h3-7,12-15H,8-10H2,1-2H3/t12-,13+,14-,15-/m1/s1. The molecule has 2 aliphatic rings. The largest absolute Gasteiger partial charge is 0.469 e. The maximum atomic E-state index is 12.3. The van der Waals surface area contributed by atoms with E-state index in [2.05, 4.69) is 4.90 Å². The Morgan fingerprint density at radius 3 is 2.59 bits per heavy atom. The SMILES string of the molecule is COC(=O)[C@H]1[C@H](OC(=O)c2ccccc2)C[C@H]2CC[C@@H]1N2C. The van der Waals surface area contributed by atoms with Crippen LogP contribution in [0.1, 0.15) is 29.6 Å². The van der Waals surface area contributed by atoms with Gasteiger partial charge in [0, 0.05) is 18.5 Å². The van der Waals surface area contributed by atoms with Gasteiger partial charge in [-0.1, -0.05) is 18.2 Å². The zero-order chi connectivity index (χ0) is 15.7. The van der Waals surface area contributed by atoms with Crippen molar-refractivity contribution in [1.29, 1.82) is 0 Å². The van der Waals surface area contributed by atoms with Crippen LogP contribution in [0.3, 0.4) is 0 Å². The second kappa shape index (κ2) is 6.08. The first-order valence-electron chi connectivity index (χ1n) is 7.67. The molecule has 1 aromatic carbocycles. The minimum Gasteiger partial charge on any atom is -0.469 e. The van der Waals surface area contributed by atoms with E-state index in [-0.39, 0.29) is 18.0 Å². The van der Waals surface area contributed by atoms with Crippen molar-refractivity contribution in [2.24, 2.45) is 5.92 Å². The number of esters is 2. The molecule has 22 heavy (non-hydrogen) atoms. The van der Waals surface area contributed by atoms with E-state index in [0.29, 0.717) is 18.0 Å². The molecule has 0 aliphatic carbocycles. The highest BCUT2D eigenvalue weighted by Gasteiger charge is 2.50. The number of methoxy groups -OCH3 is 1. The third-order valence-electron chi connectivity index (χ3n) is 4.96. The van der Waals surface area contributed by atoms with E-state index in [9.17, 15) is 9.59 Å². The minimum atomic E-state index is -0.408. The molecular formula is C17H21NO4. The smallest absolute Gasteiger partial charge is 0.338 e. The summed E-state index contributed by atoms with van der Waals surface area (Å²) in [7, 11) is 3.42. The highest BCUT2D eigenvalue weighted by Crippen LogP contribution is 2.40. The van der Waals surface area contributed by atoms with E-state index < -0.39 is 12.0 Å². The number of hydrogen-bond acceptors (Lipinski definition) is 5. The molecule has 5 heteroatoms. The van der Waals surface area contributed by atoms with Crippen molar-refractivity contribution < 1.29 is 19.1 Å². The van der Waals surface area contributed by atoms with E-state index in [1.165, 1.54) is 7.11 Å². The lowest BCUT2D eigenvalue weighted by Gasteiger charge is -2.40. The maximum absolute atomic E-state index is 12.3. The molecule has 0 aromatic heterocycles. The van der Waals surface area contributed by atoms with Gasteiger partial charge in [-0.05, 0) is 32.0 Å². The van der Waals surface area contributed by atoms with Gasteiger partial charge in [0.1, 0.15) is 12.0 Å². The molecule has 118 valence electrons. The van der Waals surface area contributed by atoms with E-state index in [4.69, 9.17) is 9.47 Å². The van der Waals surface area contributed by atoms with Crippen molar-refractivity contribution in [1.82, 2.24) is 4.90 Å². The molecule has 2 bridgehead atoms. The fraction of sp³-hybridized carbons (Fsp3) is 0.529. The summed E-state index contributed by atoms with van der Waals surface area (Å²) in [4.78, 5) is 26.7. The van der Waals surface area contributed by atoms with Gasteiger partial charge in [-0.25, -0.2) is 4.79 Å². The van der Waals surface area contributed by atoms with Crippen LogP contribution < -0.4 is 0 Å². The Labute approximate surface area is 130 Å². The van der Waals surface area contributed by atoms with Crippen LogP contribution in [-0.2, 0) is 14.3 Å². The summed E-state index contributed by atoms with van der Waals surface area (Å²) in [6.07, 6.45) is 2.26. The zero-order valence-electron chi connectivity index (χ0n) is 12.9. The van der Waals surface area contributed by atoms with Gasteiger partial charge >= 0.3 is 11.9 Å². The van der Waals surface area contributed by atoms with Gasteiger partial charge in [-0.15, -0.1) is 0 Å². The number of rotatable bonds is 3. The molecule has 2 saturated heterocycles. The molecular weight excluding hydrogens is 282 g/mol. The monoisotopic (exact) mass is 303 g/mol. The summed E-state index contributed by atoms with van der Waals surface area (Å²) in [5, 5.41) is 0. The summed E-state index contributed by atoms with van der Waals surface area (Å²) < 4.78 is 10.6. The van der Waals surface area contributed by atoms with Gasteiger partial charge in [0.05, 0.1) is 12.7 Å². The second-order valence-corrected chi connectivity index (χ2v) is 6.06. The molecule has 4 atom stereocenters. The topological polar surface area (TPSA) is 55.8 Å². The van der Waals surface area contributed by atoms with Gasteiger partial charge in [0.25, 0.3) is 0 Å². The zero-order valence-corrected chi connectivity index (χ0v) is 12.9. The summed E-state index contributed by atoms with van der Waals surface area (Å²) in [5.74, 6) is -1.06. The van der Waals surface area contributed by atoms with Crippen LogP contribution in [0.5, 0.6) is 0 Å². The van der Waals surface area contributed by atoms with Gasteiger partial charge < -0.3 is 9.47 Å². The molecule has 0 saturated carbocycles. The average Bonchev–Trinajstić information content (AvgIpc) is 2.78. The molecule has 1 aromatic rings. The molecule has 0 N–H and O–H groups in total. The number of ether oxygens (including phenoxy) is 2. The molecule has 3 rings (SSSR count). The number of fused-ring (bicyclic) bond motifs is 2. The number of piperidine rings is 1. The van der Waals surface area contributed by atoms with E-state index in [1.807, 2.05) is 13.1 Å². The Hall–Kier alpha value is -1.88. The van der Waals surface area contributed by atoms with E-state index in [0.717, 1.165) is 12.8 Å². The Balaban J connectivity index is 1.79. The van der Waals surface area contributed by atoms with Crippen molar-refractivity contribution in [2.75, 3.05) is 14.2 Å². The highest BCUT2D eigenvalue weighted by atomic mass is 16.6. The summed E-state index contributed by atoms with van der Waals surface area (Å²) >= 11 is 0. The first-order valence-corrected chi connectivity index (χ1v) is 7.67. The molecule has 2 heterocycles. The Bertz CT molecular complexity index is 559. The lowest BCUT2D eigenvalue weighted by molar-refractivity contribution is -0.156. The van der Waals surface area contributed by atoms with Crippen LogP contribution in [0.15, 0.2) is 30.3 Å². The molecule has 0 unspecified atom stereocenters. The number of hydrogen-bond donors (Lipinski definition) is 0. The molecule has 2 fully saturated rings. The Morgan fingerprint density at radius 1 is 1.18 bits per heavy atom. The fourth-order valence-corrected chi connectivity index (χ4v) is 3.77. The number of carbonyl (C=O) groups is 2. The maximum Gasteiger partial charge on any atom is 0.338 e. The van der Waals surface area contributed by atoms with Crippen molar-refractivity contribution in [3.05, 3.63) is 35.9 Å². The van der Waals surface area contributed by atoms with Crippen LogP contribution in [0, 0.1) is 5.92 Å². The Kier molecular flexibility index (Phi) is 4.16. The van der Waals surface area contributed by atoms with E-state index >= 15 is 0 Å². The number of nitrogens with zero attached hydrogens (tertiary/aromatic N) is 1. The van der Waals surface area contributed by atoms with Gasteiger partial charge in [0.2, 0.25) is 0 Å². The van der Waals surface area contributed by atoms with Gasteiger partial charge in [0.15, 0.2) is 0 Å². The second-order valence-electron chi connectivity index (χ2n) is 6.06. The average molecular weight is 303 g/mol. The molecule has 2 aliphatic heterocycles. The molecule has 0 spiro atoms. The predicted molar refractivity (Wildman–Crippen MR) is 80.3 cm³/mol. The molecule has 5 nitrogen and oxygen atoms in total. The predicted octanol–water partition coefficient (Wildman–Crippen LogP) is 1.87. The lowest BCUT2D eigenvalue weighted by Crippen LogP contribution is -2.53. The summed E-state index contributed by atoms with van der Waals surface area (Å²) in [5.41, 5.74) is 0.511. The number of benzene rings is 1. The van der Waals surface area contributed by atoms with Crippen LogP contribution in [-0.4, -0.2) is 49.2 Å². The molecule has 0 amide bonds. The summed E-state index contributed by atoms with van der Waals surface area (Å²) in [6, 6.07) is 9.36. The van der Waals surface area contributed by atoms with E-state index in [1.54, 1.807) is 24.3 Å². The normalized spacial score (nSPS) is 30.8. The quantitative estimate of drug-likeness (QED) is 0.798. The highest BCUT2D eigenvalue weighted by molar-refractivity contribution is 5.89. The first kappa shape index (κ1) is 15.0. The molecule has 0 radical (unpaired) electrons. The number of carbonyl (C=O) groups excluding carboxylic acids is 2. The fourth-order valence-electron chi connectivity index (χ4n) is 3.77. The lowest BCUT2D eigenvalue weighted by atomic mass is 9.87. The van der Waals surface area contributed by atoms with Crippen molar-refractivity contribution in [3.63, 3.8) is 0 Å². The third-order valence-corrected chi connectivity index (χ3v) is 4.96. The van der Waals surface area contributed by atoms with Crippen molar-refractivity contribution in [3.8, 4) is 0 Å². The Morgan fingerprint density at radius 2 is 1.91 bits per heavy atom. The third kappa shape index (κ3) is 2.61. The van der Waals surface area contributed by atoms with Gasteiger partial charge in [-0.3, -0.25) is 9.69 Å². The summed E-state index contributed by atoms with van der Waals surface area (Å²) in [6.45, 7) is 0. The van der Waals surface area contributed by atoms with Crippen molar-refractivity contribution in [2.45, 2.75) is 37.5 Å². The van der Waals surface area contributed by atoms with Crippen LogP contribution in [0.2, 0.25) is 0 Å². The van der Waals surface area contributed by atoms with Crippen LogP contribution in [0.25, 0.3) is 0 Å². The van der Waals surface area contributed by atoms with Crippen molar-refractivity contribution >= 4 is 11.9 Å².